The van der Waals surface area contributed by atoms with Crippen LogP contribution in [0.3, 0.4) is 0 Å². The summed E-state index contributed by atoms with van der Waals surface area (Å²) >= 11 is 3.72. The molecule has 2 aliphatic heterocycles. The van der Waals surface area contributed by atoms with Gasteiger partial charge in [-0.2, -0.15) is 0 Å². The van der Waals surface area contributed by atoms with Crippen molar-refractivity contribution in [3.05, 3.63) is 178 Å². The zero-order chi connectivity index (χ0) is 45.4. The Morgan fingerprint density at radius 3 is 1.91 bits per heavy atom. The predicted molar refractivity (Wildman–Crippen MR) is 292 cm³/mol. The average molecular weight is 890 g/mol. The molecule has 3 aromatic heterocycles. The Labute approximate surface area is 396 Å². The fourth-order valence-corrected chi connectivity index (χ4v) is 13.1. The summed E-state index contributed by atoms with van der Waals surface area (Å²) in [7, 11) is 0. The number of rotatable bonds is 5. The number of aryl methyl sites for hydroxylation is 1. The van der Waals surface area contributed by atoms with Gasteiger partial charge in [0, 0.05) is 64.7 Å². The van der Waals surface area contributed by atoms with E-state index in [-0.39, 0.29) is 17.5 Å². The summed E-state index contributed by atoms with van der Waals surface area (Å²) in [4.78, 5) is 5.07. The lowest BCUT2D eigenvalue weighted by Crippen LogP contribution is -2.60. The van der Waals surface area contributed by atoms with Crippen molar-refractivity contribution in [1.29, 1.82) is 0 Å². The lowest BCUT2D eigenvalue weighted by atomic mass is 9.33. The Kier molecular flexibility index (Phi) is 9.11. The molecule has 7 aromatic carbocycles. The summed E-state index contributed by atoms with van der Waals surface area (Å²) < 4.78 is 7.58. The van der Waals surface area contributed by atoms with E-state index >= 15 is 0 Å². The molecule has 0 saturated heterocycles. The molecule has 322 valence electrons. The number of nitrogens with zero attached hydrogens (tertiary/aromatic N) is 3. The Hall–Kier alpha value is -6.60. The maximum atomic E-state index is 4.59. The first-order valence-corrected chi connectivity index (χ1v) is 24.8. The molecule has 0 N–H and O–H groups in total. The van der Waals surface area contributed by atoms with Crippen LogP contribution in [0.1, 0.15) is 65.2 Å². The van der Waals surface area contributed by atoms with Gasteiger partial charge in [-0.05, 0) is 118 Å². The number of allylic oxidation sites excluding steroid dienone is 2. The highest BCUT2D eigenvalue weighted by Crippen LogP contribution is 2.49. The van der Waals surface area contributed by atoms with E-state index in [9.17, 15) is 0 Å². The summed E-state index contributed by atoms with van der Waals surface area (Å²) in [5.74, 6) is 0. The minimum absolute atomic E-state index is 0.0190. The Balaban J connectivity index is 1.18. The van der Waals surface area contributed by atoms with Gasteiger partial charge >= 0.3 is 0 Å². The molecule has 0 bridgehead atoms. The molecule has 10 aromatic rings. The third kappa shape index (κ3) is 6.07. The van der Waals surface area contributed by atoms with Gasteiger partial charge in [0.2, 0.25) is 0 Å². The molecule has 0 fully saturated rings. The van der Waals surface area contributed by atoms with E-state index in [1.54, 1.807) is 0 Å². The average Bonchev–Trinajstić information content (AvgIpc) is 3.95. The van der Waals surface area contributed by atoms with Gasteiger partial charge in [-0.3, -0.25) is 0 Å². The molecule has 66 heavy (non-hydrogen) atoms. The largest absolute Gasteiger partial charge is 0.310 e. The number of anilines is 6. The molecule has 0 amide bonds. The third-order valence-corrected chi connectivity index (χ3v) is 16.3. The summed E-state index contributed by atoms with van der Waals surface area (Å²) in [5.41, 5.74) is 18.8. The molecule has 0 aliphatic carbocycles. The minimum Gasteiger partial charge on any atom is -0.310 e. The van der Waals surface area contributed by atoms with Gasteiger partial charge in [0.05, 0.1) is 26.1 Å². The van der Waals surface area contributed by atoms with E-state index in [0.29, 0.717) is 0 Å². The summed E-state index contributed by atoms with van der Waals surface area (Å²) in [6.07, 6.45) is 6.52. The maximum absolute atomic E-state index is 4.59. The number of fused-ring (bicyclic) bond motifs is 10. The van der Waals surface area contributed by atoms with Crippen molar-refractivity contribution in [3.8, 4) is 5.69 Å². The number of benzene rings is 7. The molecule has 6 heteroatoms. The van der Waals surface area contributed by atoms with Crippen molar-refractivity contribution < 1.29 is 0 Å². The van der Waals surface area contributed by atoms with Crippen LogP contribution in [0.5, 0.6) is 0 Å². The molecule has 2 aliphatic rings. The van der Waals surface area contributed by atoms with Gasteiger partial charge in [-0.15, -0.1) is 22.7 Å². The van der Waals surface area contributed by atoms with E-state index in [4.69, 9.17) is 0 Å². The van der Waals surface area contributed by atoms with Crippen LogP contribution in [0.4, 0.5) is 34.1 Å². The van der Waals surface area contributed by atoms with Crippen molar-refractivity contribution in [2.75, 3.05) is 9.80 Å². The SMILES string of the molecule is C=c1sc2c3cccc4c3n(c2/c1=C/C=C\C)-c1cc(C)cc2c1B4c1ccc(N(c3ccc(C(C)(C)C)cc3)c3ccc(C(C)(C)C)cc3)cc1N2c1cccc2c1sc1ccccc12. The van der Waals surface area contributed by atoms with Crippen LogP contribution in [-0.2, 0) is 10.8 Å². The predicted octanol–water partition coefficient (Wildman–Crippen LogP) is 14.0. The van der Waals surface area contributed by atoms with Crippen LogP contribution < -0.4 is 35.9 Å². The van der Waals surface area contributed by atoms with Gasteiger partial charge in [0.25, 0.3) is 6.71 Å². The molecule has 0 saturated carbocycles. The fourth-order valence-electron chi connectivity index (χ4n) is 10.8. The maximum Gasteiger partial charge on any atom is 0.252 e. The first-order chi connectivity index (χ1) is 31.8. The van der Waals surface area contributed by atoms with Gasteiger partial charge in [-0.1, -0.05) is 145 Å². The Bertz CT molecular complexity index is 3720. The van der Waals surface area contributed by atoms with Crippen LogP contribution in [0.25, 0.3) is 59.6 Å². The number of para-hydroxylation sites is 1. The van der Waals surface area contributed by atoms with E-state index in [2.05, 4.69) is 234 Å². The quantitative estimate of drug-likeness (QED) is 0.160. The van der Waals surface area contributed by atoms with Crippen LogP contribution in [0, 0.1) is 6.92 Å². The number of hydrogen-bond acceptors (Lipinski definition) is 4. The van der Waals surface area contributed by atoms with E-state index in [0.717, 1.165) is 21.6 Å². The van der Waals surface area contributed by atoms with Crippen LogP contribution in [-0.4, -0.2) is 11.3 Å². The zero-order valence-electron chi connectivity index (χ0n) is 39.0. The molecule has 0 radical (unpaired) electrons. The summed E-state index contributed by atoms with van der Waals surface area (Å²) in [6.45, 7) is 22.7. The van der Waals surface area contributed by atoms with E-state index in [1.807, 2.05) is 22.7 Å². The second-order valence-electron chi connectivity index (χ2n) is 20.3. The van der Waals surface area contributed by atoms with Crippen molar-refractivity contribution >= 4 is 134 Å². The lowest BCUT2D eigenvalue weighted by molar-refractivity contribution is 0.590. The van der Waals surface area contributed by atoms with Gasteiger partial charge in [0.15, 0.2) is 0 Å². The molecule has 0 unspecified atom stereocenters. The summed E-state index contributed by atoms with van der Waals surface area (Å²) in [5, 5.41) is 5.09. The number of thiophene rings is 2. The number of aromatic nitrogens is 1. The monoisotopic (exact) mass is 889 g/mol. The van der Waals surface area contributed by atoms with Crippen molar-refractivity contribution in [1.82, 2.24) is 4.57 Å². The fraction of sp³-hybridized carbons (Fsp3) is 0.167. The van der Waals surface area contributed by atoms with Crippen molar-refractivity contribution in [3.63, 3.8) is 0 Å². The topological polar surface area (TPSA) is 11.4 Å². The molecular formula is C60H52BN3S2. The Morgan fingerprint density at radius 2 is 1.21 bits per heavy atom. The normalized spacial score (nSPS) is 13.8. The lowest BCUT2D eigenvalue weighted by Gasteiger charge is -2.41. The third-order valence-electron chi connectivity index (χ3n) is 14.0. The molecule has 3 nitrogen and oxygen atoms in total. The van der Waals surface area contributed by atoms with Crippen molar-refractivity contribution in [2.45, 2.75) is 66.2 Å². The second-order valence-corrected chi connectivity index (χ2v) is 22.5. The smallest absolute Gasteiger partial charge is 0.252 e. The van der Waals surface area contributed by atoms with Crippen molar-refractivity contribution in [2.24, 2.45) is 0 Å². The van der Waals surface area contributed by atoms with E-state index in [1.165, 1.54) is 102 Å². The minimum atomic E-state index is 0.0190. The molecule has 0 atom stereocenters. The van der Waals surface area contributed by atoms with Gasteiger partial charge < -0.3 is 14.4 Å². The standard InChI is InChI=1S/C60H52BN3S2/c1-10-11-16-43-37(3)65-58-46-19-14-20-48-55(46)64(56(43)58)52-34-36(2)33-51-54(52)61(48)47-32-31-42(35-50(47)63(51)49-21-15-18-45-44-17-12-13-22-53(44)66-57(45)49)62(40-27-23-38(24-28-40)59(4,5)6)41-29-25-39(26-30-41)60(7,8)9/h10-35H,3H2,1-2,4-9H3/b11-10-,43-16+. The zero-order valence-corrected chi connectivity index (χ0v) is 40.6. The first kappa shape index (κ1) is 40.9. The van der Waals surface area contributed by atoms with Crippen LogP contribution >= 0.6 is 22.7 Å². The second kappa shape index (κ2) is 14.7. The van der Waals surface area contributed by atoms with Gasteiger partial charge in [0.1, 0.15) is 0 Å². The first-order valence-electron chi connectivity index (χ1n) is 23.2. The van der Waals surface area contributed by atoms with Crippen LogP contribution in [0.2, 0.25) is 0 Å². The van der Waals surface area contributed by atoms with Gasteiger partial charge in [-0.25, -0.2) is 0 Å². The molecular weight excluding hydrogens is 838 g/mol. The number of hydrogen-bond donors (Lipinski definition) is 0. The van der Waals surface area contributed by atoms with Crippen LogP contribution in [0.15, 0.2) is 152 Å². The summed E-state index contributed by atoms with van der Waals surface area (Å²) in [6, 6.07) is 53.4. The highest BCUT2D eigenvalue weighted by molar-refractivity contribution is 7.26. The highest BCUT2D eigenvalue weighted by atomic mass is 32.1. The molecule has 0 spiro atoms. The molecule has 12 rings (SSSR count). The molecule has 5 heterocycles. The van der Waals surface area contributed by atoms with E-state index < -0.39 is 0 Å². The Morgan fingerprint density at radius 1 is 0.576 bits per heavy atom. The highest BCUT2D eigenvalue weighted by Gasteiger charge is 2.43.